The van der Waals surface area contributed by atoms with E-state index in [9.17, 15) is 9.59 Å². The zero-order valence-corrected chi connectivity index (χ0v) is 21.5. The molecule has 1 N–H and O–H groups in total. The summed E-state index contributed by atoms with van der Waals surface area (Å²) in [6.07, 6.45) is 0.840. The standard InChI is InChI=1S/C29H33ClN2O4/c1-3-36-19-7-18-31-29(34)28(24-8-5-4-6-9-24)32(21-23-12-16-26(35-2)17-13-23)27(33)20-22-10-14-25(30)15-11-22/h4-6,8-17,28H,3,7,18-21H2,1-2H3,(H,31,34). The molecule has 0 spiro atoms. The number of nitrogens with one attached hydrogen (secondary N) is 1. The lowest BCUT2D eigenvalue weighted by Gasteiger charge is -2.32. The van der Waals surface area contributed by atoms with Crippen LogP contribution in [0, 0.1) is 0 Å². The van der Waals surface area contributed by atoms with Gasteiger partial charge in [-0.05, 0) is 54.3 Å². The zero-order chi connectivity index (χ0) is 25.8. The van der Waals surface area contributed by atoms with Crippen LogP contribution in [-0.2, 0) is 27.3 Å². The Hall–Kier alpha value is -3.35. The van der Waals surface area contributed by atoms with E-state index in [0.29, 0.717) is 31.2 Å². The molecule has 0 aromatic heterocycles. The van der Waals surface area contributed by atoms with Gasteiger partial charge in [-0.25, -0.2) is 0 Å². The number of methoxy groups -OCH3 is 1. The summed E-state index contributed by atoms with van der Waals surface area (Å²) in [5.74, 6) is 0.339. The van der Waals surface area contributed by atoms with Crippen LogP contribution in [0.5, 0.6) is 5.75 Å². The van der Waals surface area contributed by atoms with E-state index in [1.54, 1.807) is 24.1 Å². The van der Waals surface area contributed by atoms with Gasteiger partial charge in [0.15, 0.2) is 0 Å². The highest BCUT2D eigenvalue weighted by Crippen LogP contribution is 2.26. The third-order valence-corrected chi connectivity index (χ3v) is 6.00. The molecule has 0 aliphatic rings. The summed E-state index contributed by atoms with van der Waals surface area (Å²) in [5.41, 5.74) is 2.47. The highest BCUT2D eigenvalue weighted by molar-refractivity contribution is 6.30. The van der Waals surface area contributed by atoms with Crippen molar-refractivity contribution >= 4 is 23.4 Å². The zero-order valence-electron chi connectivity index (χ0n) is 20.8. The summed E-state index contributed by atoms with van der Waals surface area (Å²) >= 11 is 6.03. The van der Waals surface area contributed by atoms with Crippen LogP contribution in [0.1, 0.15) is 36.1 Å². The van der Waals surface area contributed by atoms with Crippen LogP contribution in [0.15, 0.2) is 78.9 Å². The molecule has 3 aromatic carbocycles. The highest BCUT2D eigenvalue weighted by Gasteiger charge is 2.31. The van der Waals surface area contributed by atoms with Crippen LogP contribution in [-0.4, -0.2) is 43.6 Å². The molecule has 6 nitrogen and oxygen atoms in total. The number of ether oxygens (including phenoxy) is 2. The largest absolute Gasteiger partial charge is 0.497 e. The van der Waals surface area contributed by atoms with E-state index in [2.05, 4.69) is 5.32 Å². The molecule has 2 amide bonds. The fourth-order valence-electron chi connectivity index (χ4n) is 3.86. The minimum atomic E-state index is -0.791. The van der Waals surface area contributed by atoms with Crippen LogP contribution in [0.3, 0.4) is 0 Å². The summed E-state index contributed by atoms with van der Waals surface area (Å²) in [5, 5.41) is 3.61. The van der Waals surface area contributed by atoms with E-state index in [0.717, 1.165) is 22.4 Å². The van der Waals surface area contributed by atoms with Crippen molar-refractivity contribution in [1.82, 2.24) is 10.2 Å². The minimum Gasteiger partial charge on any atom is -0.497 e. The molecule has 0 saturated heterocycles. The number of halogens is 1. The first kappa shape index (κ1) is 27.2. The topological polar surface area (TPSA) is 67.9 Å². The van der Waals surface area contributed by atoms with Crippen LogP contribution in [0.4, 0.5) is 0 Å². The van der Waals surface area contributed by atoms with Gasteiger partial charge in [0.05, 0.1) is 13.5 Å². The number of carbonyl (C=O) groups is 2. The Morgan fingerprint density at radius 1 is 0.944 bits per heavy atom. The van der Waals surface area contributed by atoms with Gasteiger partial charge < -0.3 is 19.7 Å². The number of hydrogen-bond acceptors (Lipinski definition) is 4. The maximum atomic E-state index is 13.7. The van der Waals surface area contributed by atoms with Gasteiger partial charge >= 0.3 is 0 Å². The average Bonchev–Trinajstić information content (AvgIpc) is 2.90. The van der Waals surface area contributed by atoms with Crippen molar-refractivity contribution in [1.29, 1.82) is 0 Å². The molecule has 1 atom stereocenters. The maximum absolute atomic E-state index is 13.7. The molecule has 3 rings (SSSR count). The first-order valence-corrected chi connectivity index (χ1v) is 12.5. The number of carbonyl (C=O) groups excluding carboxylic acids is 2. The molecule has 0 aliphatic carbocycles. The molecule has 7 heteroatoms. The predicted molar refractivity (Wildman–Crippen MR) is 142 cm³/mol. The molecule has 0 fully saturated rings. The molecule has 190 valence electrons. The van der Waals surface area contributed by atoms with E-state index in [-0.39, 0.29) is 24.8 Å². The monoisotopic (exact) mass is 508 g/mol. The Bertz CT molecular complexity index is 1090. The molecule has 36 heavy (non-hydrogen) atoms. The summed E-state index contributed by atoms with van der Waals surface area (Å²) in [6, 6.07) is 23.3. The molecule has 1 unspecified atom stereocenters. The second-order valence-corrected chi connectivity index (χ2v) is 8.76. The van der Waals surface area contributed by atoms with Gasteiger partial charge in [0, 0.05) is 31.3 Å². The Morgan fingerprint density at radius 2 is 1.61 bits per heavy atom. The van der Waals surface area contributed by atoms with Gasteiger partial charge in [-0.1, -0.05) is 66.2 Å². The Labute approximate surface area is 218 Å². The van der Waals surface area contributed by atoms with Gasteiger partial charge in [0.1, 0.15) is 11.8 Å². The van der Waals surface area contributed by atoms with Crippen molar-refractivity contribution in [2.45, 2.75) is 32.4 Å². The van der Waals surface area contributed by atoms with Gasteiger partial charge in [-0.15, -0.1) is 0 Å². The molecule has 0 radical (unpaired) electrons. The van der Waals surface area contributed by atoms with Crippen LogP contribution >= 0.6 is 11.6 Å². The van der Waals surface area contributed by atoms with Crippen molar-refractivity contribution in [3.8, 4) is 5.75 Å². The highest BCUT2D eigenvalue weighted by atomic mass is 35.5. The van der Waals surface area contributed by atoms with E-state index >= 15 is 0 Å². The second kappa shape index (κ2) is 14.3. The quantitative estimate of drug-likeness (QED) is 0.322. The maximum Gasteiger partial charge on any atom is 0.247 e. The summed E-state index contributed by atoms with van der Waals surface area (Å²) < 4.78 is 10.7. The Balaban J connectivity index is 1.91. The molecule has 0 aliphatic heterocycles. The number of rotatable bonds is 13. The first-order chi connectivity index (χ1) is 17.5. The first-order valence-electron chi connectivity index (χ1n) is 12.1. The van der Waals surface area contributed by atoms with Gasteiger partial charge in [0.25, 0.3) is 0 Å². The van der Waals surface area contributed by atoms with Crippen molar-refractivity contribution in [2.75, 3.05) is 26.9 Å². The lowest BCUT2D eigenvalue weighted by molar-refractivity contribution is -0.141. The normalized spacial score (nSPS) is 11.5. The smallest absolute Gasteiger partial charge is 0.247 e. The molecule has 3 aromatic rings. The van der Waals surface area contributed by atoms with Crippen LogP contribution in [0.2, 0.25) is 5.02 Å². The Kier molecular flexibility index (Phi) is 10.8. The fraction of sp³-hybridized carbons (Fsp3) is 0.310. The molecule has 0 heterocycles. The summed E-state index contributed by atoms with van der Waals surface area (Å²) in [7, 11) is 1.61. The third kappa shape index (κ3) is 8.11. The van der Waals surface area contributed by atoms with Crippen LogP contribution in [0.25, 0.3) is 0 Å². The van der Waals surface area contributed by atoms with Crippen molar-refractivity contribution < 1.29 is 19.1 Å². The fourth-order valence-corrected chi connectivity index (χ4v) is 3.99. The Morgan fingerprint density at radius 3 is 2.25 bits per heavy atom. The van der Waals surface area contributed by atoms with Gasteiger partial charge in [-0.3, -0.25) is 9.59 Å². The van der Waals surface area contributed by atoms with Crippen molar-refractivity contribution in [3.05, 3.63) is 101 Å². The molecular formula is C29H33ClN2O4. The lowest BCUT2D eigenvalue weighted by Crippen LogP contribution is -2.44. The SMILES string of the molecule is CCOCCCNC(=O)C(c1ccccc1)N(Cc1ccc(OC)cc1)C(=O)Cc1ccc(Cl)cc1. The van der Waals surface area contributed by atoms with E-state index < -0.39 is 6.04 Å². The van der Waals surface area contributed by atoms with Crippen molar-refractivity contribution in [2.24, 2.45) is 0 Å². The molecule has 0 bridgehead atoms. The van der Waals surface area contributed by atoms with E-state index in [4.69, 9.17) is 21.1 Å². The number of amides is 2. The van der Waals surface area contributed by atoms with Crippen molar-refractivity contribution in [3.63, 3.8) is 0 Å². The summed E-state index contributed by atoms with van der Waals surface area (Å²) in [4.78, 5) is 28.9. The number of benzene rings is 3. The van der Waals surface area contributed by atoms with E-state index in [1.165, 1.54) is 0 Å². The number of hydrogen-bond donors (Lipinski definition) is 1. The molecule has 0 saturated carbocycles. The number of nitrogens with zero attached hydrogens (tertiary/aromatic N) is 1. The minimum absolute atomic E-state index is 0.147. The van der Waals surface area contributed by atoms with E-state index in [1.807, 2.05) is 73.7 Å². The van der Waals surface area contributed by atoms with Crippen LogP contribution < -0.4 is 10.1 Å². The predicted octanol–water partition coefficient (Wildman–Crippen LogP) is 5.20. The summed E-state index contributed by atoms with van der Waals surface area (Å²) in [6.45, 7) is 3.87. The average molecular weight is 509 g/mol. The third-order valence-electron chi connectivity index (χ3n) is 5.75. The molecular weight excluding hydrogens is 476 g/mol. The second-order valence-electron chi connectivity index (χ2n) is 8.33. The lowest BCUT2D eigenvalue weighted by atomic mass is 10.0. The van der Waals surface area contributed by atoms with Gasteiger partial charge in [-0.2, -0.15) is 0 Å². The van der Waals surface area contributed by atoms with Gasteiger partial charge in [0.2, 0.25) is 11.8 Å².